The maximum atomic E-state index is 10.8. The minimum absolute atomic E-state index is 0.136. The summed E-state index contributed by atoms with van der Waals surface area (Å²) in [5, 5.41) is 0. The van der Waals surface area contributed by atoms with Gasteiger partial charge in [0.15, 0.2) is 0 Å². The van der Waals surface area contributed by atoms with Gasteiger partial charge >= 0.3 is 8.25 Å². The zero-order valence-electron chi connectivity index (χ0n) is 7.40. The summed E-state index contributed by atoms with van der Waals surface area (Å²) in [5.74, 6) is 0. The van der Waals surface area contributed by atoms with E-state index in [1.165, 1.54) is 0 Å². The van der Waals surface area contributed by atoms with Gasteiger partial charge in [-0.3, -0.25) is 0 Å². The first-order valence-corrected chi connectivity index (χ1v) is 4.86. The maximum Gasteiger partial charge on any atom is 0.697 e. The van der Waals surface area contributed by atoms with Crippen LogP contribution in [0.1, 0.15) is 13.8 Å². The molecule has 0 amide bonds. The largest absolute Gasteiger partial charge is 0.697 e. The van der Waals surface area contributed by atoms with Gasteiger partial charge in [0.25, 0.3) is 0 Å². The molecule has 0 radical (unpaired) electrons. The Balaban J connectivity index is 3.34. The molecule has 2 atom stereocenters. The first-order chi connectivity index (χ1) is 5.52. The molecule has 72 valence electrons. The van der Waals surface area contributed by atoms with Crippen molar-refractivity contribution in [2.45, 2.75) is 25.9 Å². The highest BCUT2D eigenvalue weighted by Crippen LogP contribution is 2.23. The van der Waals surface area contributed by atoms with E-state index in [1.54, 1.807) is 13.8 Å². The van der Waals surface area contributed by atoms with Crippen molar-refractivity contribution in [1.29, 1.82) is 0 Å². The zero-order valence-corrected chi connectivity index (χ0v) is 8.29. The molecule has 12 heavy (non-hydrogen) atoms. The van der Waals surface area contributed by atoms with E-state index in [0.717, 1.165) is 0 Å². The molecule has 0 spiro atoms. The summed E-state index contributed by atoms with van der Waals surface area (Å²) in [7, 11) is -2.06. The van der Waals surface area contributed by atoms with E-state index in [-0.39, 0.29) is 25.3 Å². The second kappa shape index (κ2) is 6.46. The van der Waals surface area contributed by atoms with Gasteiger partial charge in [0.1, 0.15) is 13.2 Å². The van der Waals surface area contributed by atoms with Gasteiger partial charge in [-0.25, -0.2) is 0 Å². The highest BCUT2D eigenvalue weighted by Gasteiger charge is 2.21. The number of hydrogen-bond acceptors (Lipinski definition) is 5. The molecule has 0 aliphatic carbocycles. The molecular weight excluding hydrogens is 179 g/mol. The van der Waals surface area contributed by atoms with Gasteiger partial charge in [-0.05, 0) is 13.8 Å². The Kier molecular flexibility index (Phi) is 6.42. The van der Waals surface area contributed by atoms with E-state index < -0.39 is 8.25 Å². The number of hydrogen-bond donors (Lipinski definition) is 2. The minimum Gasteiger partial charge on any atom is -0.326 e. The van der Waals surface area contributed by atoms with Crippen LogP contribution < -0.4 is 11.5 Å². The summed E-state index contributed by atoms with van der Waals surface area (Å²) < 4.78 is 20.4. The van der Waals surface area contributed by atoms with Gasteiger partial charge in [0.05, 0.1) is 0 Å². The van der Waals surface area contributed by atoms with E-state index in [2.05, 4.69) is 0 Å². The Morgan fingerprint density at radius 2 is 1.50 bits per heavy atom. The molecule has 0 aromatic carbocycles. The average molecular weight is 195 g/mol. The van der Waals surface area contributed by atoms with Crippen LogP contribution in [-0.2, 0) is 13.6 Å². The normalized spacial score (nSPS) is 17.2. The zero-order chi connectivity index (χ0) is 9.56. The van der Waals surface area contributed by atoms with Gasteiger partial charge in [0, 0.05) is 16.6 Å². The molecule has 0 saturated carbocycles. The molecule has 0 saturated heterocycles. The van der Waals surface area contributed by atoms with E-state index >= 15 is 0 Å². The third-order valence-corrected chi connectivity index (χ3v) is 1.61. The number of nitrogens with two attached hydrogens (primary N) is 2. The fourth-order valence-corrected chi connectivity index (χ4v) is 1.18. The molecule has 0 aliphatic rings. The summed E-state index contributed by atoms with van der Waals surface area (Å²) >= 11 is 0. The summed E-state index contributed by atoms with van der Waals surface area (Å²) in [5.41, 5.74) is 10.7. The summed E-state index contributed by atoms with van der Waals surface area (Å²) in [4.78, 5) is 0. The highest BCUT2D eigenvalue weighted by molar-refractivity contribution is 7.33. The fraction of sp³-hybridized carbons (Fsp3) is 1.00. The molecule has 5 nitrogen and oxygen atoms in total. The van der Waals surface area contributed by atoms with Crippen molar-refractivity contribution in [2.75, 3.05) is 13.2 Å². The average Bonchev–Trinajstić information content (AvgIpc) is 1.96. The molecule has 0 fully saturated rings. The monoisotopic (exact) mass is 195 g/mol. The molecule has 6 heteroatoms. The fourth-order valence-electron chi connectivity index (χ4n) is 0.394. The van der Waals surface area contributed by atoms with Crippen molar-refractivity contribution < 1.29 is 13.6 Å². The van der Waals surface area contributed by atoms with Crippen LogP contribution in [0.3, 0.4) is 0 Å². The second-order valence-corrected chi connectivity index (χ2v) is 3.73. The smallest absolute Gasteiger partial charge is 0.326 e. The van der Waals surface area contributed by atoms with Gasteiger partial charge in [0.2, 0.25) is 0 Å². The van der Waals surface area contributed by atoms with Gasteiger partial charge in [-0.15, -0.1) is 9.05 Å². The Morgan fingerprint density at radius 3 is 1.75 bits per heavy atom. The van der Waals surface area contributed by atoms with Crippen molar-refractivity contribution >= 4 is 8.25 Å². The summed E-state index contributed by atoms with van der Waals surface area (Å²) in [6.07, 6.45) is 0. The first kappa shape index (κ1) is 11.9. The molecule has 0 aromatic rings. The molecule has 0 aromatic heterocycles. The SMILES string of the molecule is CC(N)CO[P+](=O)OCC(C)N. The standard InChI is InChI=1S/C6H16N2O3P/c1-5(7)3-10-12(9)11-4-6(2)8/h5-6H,3-4,7-8H2,1-2H3/q+1. The molecule has 0 aliphatic heterocycles. The third kappa shape index (κ3) is 8.04. The van der Waals surface area contributed by atoms with Crippen LogP contribution >= 0.6 is 8.25 Å². The van der Waals surface area contributed by atoms with Crippen LogP contribution in [0.5, 0.6) is 0 Å². The van der Waals surface area contributed by atoms with Crippen molar-refractivity contribution in [1.82, 2.24) is 0 Å². The third-order valence-electron chi connectivity index (χ3n) is 0.886. The lowest BCUT2D eigenvalue weighted by atomic mass is 10.4. The van der Waals surface area contributed by atoms with E-state index in [4.69, 9.17) is 20.5 Å². The Hall–Kier alpha value is -0.0600. The molecule has 0 bridgehead atoms. The van der Waals surface area contributed by atoms with Crippen LogP contribution in [0.4, 0.5) is 0 Å². The quantitative estimate of drug-likeness (QED) is 0.598. The predicted molar refractivity (Wildman–Crippen MR) is 46.8 cm³/mol. The number of rotatable bonds is 6. The Bertz CT molecular complexity index is 127. The Labute approximate surface area is 73.3 Å². The van der Waals surface area contributed by atoms with Crippen LogP contribution in [-0.4, -0.2) is 25.3 Å². The van der Waals surface area contributed by atoms with E-state index in [9.17, 15) is 4.57 Å². The topological polar surface area (TPSA) is 87.6 Å². The lowest BCUT2D eigenvalue weighted by Crippen LogP contribution is -2.22. The van der Waals surface area contributed by atoms with Crippen molar-refractivity contribution in [3.05, 3.63) is 0 Å². The van der Waals surface area contributed by atoms with Crippen molar-refractivity contribution in [2.24, 2.45) is 11.5 Å². The summed E-state index contributed by atoms with van der Waals surface area (Å²) in [6, 6.07) is -0.273. The van der Waals surface area contributed by atoms with Crippen LogP contribution in [0.2, 0.25) is 0 Å². The van der Waals surface area contributed by atoms with Crippen molar-refractivity contribution in [3.8, 4) is 0 Å². The van der Waals surface area contributed by atoms with Gasteiger partial charge in [-0.1, -0.05) is 0 Å². The van der Waals surface area contributed by atoms with E-state index in [1.807, 2.05) is 0 Å². The lowest BCUT2D eigenvalue weighted by molar-refractivity contribution is 0.211. The molecular formula is C6H16N2O3P+. The van der Waals surface area contributed by atoms with E-state index in [0.29, 0.717) is 0 Å². The minimum atomic E-state index is -2.06. The van der Waals surface area contributed by atoms with Gasteiger partial charge < -0.3 is 11.5 Å². The molecule has 0 heterocycles. The molecule has 0 rings (SSSR count). The second-order valence-electron chi connectivity index (χ2n) is 2.77. The predicted octanol–water partition coefficient (Wildman–Crippen LogP) is 0.371. The Morgan fingerprint density at radius 1 is 1.17 bits per heavy atom. The van der Waals surface area contributed by atoms with Crippen LogP contribution in [0.15, 0.2) is 0 Å². The molecule has 2 unspecified atom stereocenters. The highest BCUT2D eigenvalue weighted by atomic mass is 31.1. The lowest BCUT2D eigenvalue weighted by Gasteiger charge is -1.98. The first-order valence-electron chi connectivity index (χ1n) is 3.76. The van der Waals surface area contributed by atoms with Crippen LogP contribution in [0.25, 0.3) is 0 Å². The molecule has 4 N–H and O–H groups in total. The van der Waals surface area contributed by atoms with Crippen molar-refractivity contribution in [3.63, 3.8) is 0 Å². The van der Waals surface area contributed by atoms with Gasteiger partial charge in [-0.2, -0.15) is 0 Å². The maximum absolute atomic E-state index is 10.8. The van der Waals surface area contributed by atoms with Crippen LogP contribution in [0, 0.1) is 0 Å². The summed E-state index contributed by atoms with van der Waals surface area (Å²) in [6.45, 7) is 3.98.